The number of ether oxygens (including phenoxy) is 1. The summed E-state index contributed by atoms with van der Waals surface area (Å²) in [5.41, 5.74) is 4.45. The van der Waals surface area contributed by atoms with Gasteiger partial charge in [0.25, 0.3) is 0 Å². The van der Waals surface area contributed by atoms with E-state index in [0.29, 0.717) is 24.4 Å². The number of aromatic nitrogens is 2. The molecule has 1 unspecified atom stereocenters. The number of aryl methyl sites for hydroxylation is 1. The van der Waals surface area contributed by atoms with Crippen LogP contribution in [0.25, 0.3) is 11.3 Å². The van der Waals surface area contributed by atoms with Gasteiger partial charge in [0.05, 0.1) is 11.7 Å². The van der Waals surface area contributed by atoms with Crippen LogP contribution in [0.5, 0.6) is 5.88 Å². The van der Waals surface area contributed by atoms with Gasteiger partial charge in [0.1, 0.15) is 6.61 Å². The number of unbranched alkanes of at least 4 members (excludes halogenated alkanes) is 1. The van der Waals surface area contributed by atoms with Crippen molar-refractivity contribution >= 4 is 23.6 Å². The molecule has 1 aliphatic heterocycles. The molecule has 0 saturated heterocycles. The third-order valence-electron chi connectivity index (χ3n) is 5.45. The van der Waals surface area contributed by atoms with E-state index < -0.39 is 0 Å². The lowest BCUT2D eigenvalue weighted by atomic mass is 9.99. The summed E-state index contributed by atoms with van der Waals surface area (Å²) in [6.45, 7) is 7.24. The number of hydrogen-bond donors (Lipinski definition) is 2. The Morgan fingerprint density at radius 3 is 2.81 bits per heavy atom. The lowest BCUT2D eigenvalue weighted by Crippen LogP contribution is -2.29. The van der Waals surface area contributed by atoms with E-state index in [4.69, 9.17) is 9.72 Å². The van der Waals surface area contributed by atoms with Gasteiger partial charge in [-0.2, -0.15) is 4.98 Å². The van der Waals surface area contributed by atoms with Crippen molar-refractivity contribution in [1.29, 1.82) is 0 Å². The van der Waals surface area contributed by atoms with Gasteiger partial charge in [-0.15, -0.1) is 0 Å². The number of anilines is 2. The lowest BCUT2D eigenvalue weighted by molar-refractivity contribution is 0.271. The van der Waals surface area contributed by atoms with E-state index >= 15 is 0 Å². The summed E-state index contributed by atoms with van der Waals surface area (Å²) in [6, 6.07) is 19.1. The van der Waals surface area contributed by atoms with Gasteiger partial charge in [-0.3, -0.25) is 4.72 Å². The predicted octanol–water partition coefficient (Wildman–Crippen LogP) is 6.82. The second-order valence-corrected chi connectivity index (χ2v) is 9.57. The second kappa shape index (κ2) is 10.7. The molecule has 4 bridgehead atoms. The monoisotopic (exact) mass is 448 g/mol. The van der Waals surface area contributed by atoms with E-state index in [1.54, 1.807) is 0 Å². The highest BCUT2D eigenvalue weighted by Gasteiger charge is 2.16. The Kier molecular flexibility index (Phi) is 7.53. The molecule has 0 fully saturated rings. The van der Waals surface area contributed by atoms with Crippen molar-refractivity contribution in [2.24, 2.45) is 5.92 Å². The molecule has 2 heterocycles. The first-order valence-corrected chi connectivity index (χ1v) is 12.3. The normalized spacial score (nSPS) is 15.7. The minimum atomic E-state index is 0.196. The fraction of sp³-hybridized carbons (Fsp3) is 0.385. The van der Waals surface area contributed by atoms with E-state index in [1.165, 1.54) is 23.9 Å². The molecule has 2 aromatic carbocycles. The zero-order valence-electron chi connectivity index (χ0n) is 19.1. The molecular weight excluding hydrogens is 416 g/mol. The zero-order chi connectivity index (χ0) is 22.3. The molecule has 168 valence electrons. The Morgan fingerprint density at radius 2 is 1.97 bits per heavy atom. The number of nitrogens with one attached hydrogen (secondary N) is 2. The molecule has 0 spiro atoms. The molecule has 0 aliphatic carbocycles. The Labute approximate surface area is 195 Å². The summed E-state index contributed by atoms with van der Waals surface area (Å²) in [5.74, 6) is 1.72. The van der Waals surface area contributed by atoms with Crippen LogP contribution in [0.3, 0.4) is 0 Å². The number of fused-ring (bicyclic) bond motifs is 4. The van der Waals surface area contributed by atoms with Crippen molar-refractivity contribution in [2.75, 3.05) is 16.6 Å². The van der Waals surface area contributed by atoms with Crippen LogP contribution in [-0.2, 0) is 6.42 Å². The van der Waals surface area contributed by atoms with Gasteiger partial charge < -0.3 is 10.1 Å². The standard InChI is InChI=1S/C26H32N4OS/c1-4-5-9-19-10-6-7-13-23(19)24-16-25-29-26(28-24)30-32-22-12-8-11-20(15-22)27-21(17-31-25)14-18(2)3/h6-8,10-13,15-16,18,21,27H,4-5,9,14,17H2,1-3H3,(H,28,29,30). The van der Waals surface area contributed by atoms with Crippen molar-refractivity contribution in [1.82, 2.24) is 9.97 Å². The molecule has 1 aliphatic rings. The Morgan fingerprint density at radius 1 is 1.09 bits per heavy atom. The number of hydrogen-bond acceptors (Lipinski definition) is 6. The van der Waals surface area contributed by atoms with Gasteiger partial charge in [0.15, 0.2) is 0 Å². The van der Waals surface area contributed by atoms with Crippen LogP contribution < -0.4 is 14.8 Å². The molecule has 2 N–H and O–H groups in total. The van der Waals surface area contributed by atoms with Crippen LogP contribution in [0.15, 0.2) is 59.5 Å². The van der Waals surface area contributed by atoms with E-state index in [2.05, 4.69) is 84.3 Å². The maximum atomic E-state index is 6.22. The van der Waals surface area contributed by atoms with Crippen LogP contribution >= 0.6 is 11.9 Å². The first-order valence-electron chi connectivity index (χ1n) is 11.5. The molecule has 1 atom stereocenters. The van der Waals surface area contributed by atoms with Gasteiger partial charge in [-0.05, 0) is 60.9 Å². The Bertz CT molecular complexity index is 1040. The summed E-state index contributed by atoms with van der Waals surface area (Å²) in [6.07, 6.45) is 4.38. The smallest absolute Gasteiger partial charge is 0.237 e. The largest absolute Gasteiger partial charge is 0.475 e. The summed E-state index contributed by atoms with van der Waals surface area (Å²) in [5, 5.41) is 3.65. The molecule has 0 amide bonds. The van der Waals surface area contributed by atoms with Crippen molar-refractivity contribution in [2.45, 2.75) is 57.4 Å². The molecular formula is C26H32N4OS. The number of rotatable bonds is 6. The third-order valence-corrected chi connectivity index (χ3v) is 6.22. The quantitative estimate of drug-likeness (QED) is 0.403. The van der Waals surface area contributed by atoms with Crippen molar-refractivity contribution in [3.8, 4) is 17.1 Å². The van der Waals surface area contributed by atoms with Crippen molar-refractivity contribution in [3.63, 3.8) is 0 Å². The van der Waals surface area contributed by atoms with E-state index in [1.807, 2.05) is 6.07 Å². The van der Waals surface area contributed by atoms with Gasteiger partial charge in [-0.25, -0.2) is 4.98 Å². The van der Waals surface area contributed by atoms with Crippen molar-refractivity contribution in [3.05, 3.63) is 60.2 Å². The Hall–Kier alpha value is -2.73. The lowest BCUT2D eigenvalue weighted by Gasteiger charge is -2.23. The highest BCUT2D eigenvalue weighted by atomic mass is 32.2. The van der Waals surface area contributed by atoms with E-state index in [9.17, 15) is 0 Å². The van der Waals surface area contributed by atoms with Crippen LogP contribution in [0.1, 0.15) is 45.6 Å². The zero-order valence-corrected chi connectivity index (χ0v) is 19.9. The highest BCUT2D eigenvalue weighted by molar-refractivity contribution is 8.00. The highest BCUT2D eigenvalue weighted by Crippen LogP contribution is 2.30. The molecule has 32 heavy (non-hydrogen) atoms. The molecule has 0 saturated carbocycles. The maximum absolute atomic E-state index is 6.22. The molecule has 4 rings (SSSR count). The molecule has 0 radical (unpaired) electrons. The minimum Gasteiger partial charge on any atom is -0.475 e. The summed E-state index contributed by atoms with van der Waals surface area (Å²) in [7, 11) is 0. The average Bonchev–Trinajstić information content (AvgIpc) is 2.79. The first-order chi connectivity index (χ1) is 15.6. The summed E-state index contributed by atoms with van der Waals surface area (Å²) in [4.78, 5) is 10.6. The SMILES string of the molecule is CCCCc1ccccc1-c1cc2nc(n1)NSc1cccc(c1)NC(CC(C)C)CO2. The second-order valence-electron chi connectivity index (χ2n) is 8.69. The van der Waals surface area contributed by atoms with Crippen LogP contribution in [0, 0.1) is 5.92 Å². The van der Waals surface area contributed by atoms with Gasteiger partial charge in [0.2, 0.25) is 11.8 Å². The summed E-state index contributed by atoms with van der Waals surface area (Å²) >= 11 is 1.51. The molecule has 1 aromatic heterocycles. The minimum absolute atomic E-state index is 0.196. The van der Waals surface area contributed by atoms with Gasteiger partial charge >= 0.3 is 0 Å². The first kappa shape index (κ1) is 22.5. The van der Waals surface area contributed by atoms with E-state index in [-0.39, 0.29) is 6.04 Å². The summed E-state index contributed by atoms with van der Waals surface area (Å²) < 4.78 is 9.54. The fourth-order valence-corrected chi connectivity index (χ4v) is 4.58. The topological polar surface area (TPSA) is 59.1 Å². The average molecular weight is 449 g/mol. The fourth-order valence-electron chi connectivity index (χ4n) is 3.95. The number of benzene rings is 2. The predicted molar refractivity (Wildman–Crippen MR) is 134 cm³/mol. The third kappa shape index (κ3) is 5.94. The van der Waals surface area contributed by atoms with Gasteiger partial charge in [0, 0.05) is 22.2 Å². The van der Waals surface area contributed by atoms with Crippen LogP contribution in [0.2, 0.25) is 0 Å². The van der Waals surface area contributed by atoms with Crippen molar-refractivity contribution < 1.29 is 4.74 Å². The van der Waals surface area contributed by atoms with Gasteiger partial charge in [-0.1, -0.05) is 57.5 Å². The number of nitrogens with zero attached hydrogens (tertiary/aromatic N) is 2. The molecule has 5 nitrogen and oxygen atoms in total. The van der Waals surface area contributed by atoms with Crippen LogP contribution in [0.4, 0.5) is 11.6 Å². The Balaban J connectivity index is 1.69. The van der Waals surface area contributed by atoms with Crippen LogP contribution in [-0.4, -0.2) is 22.6 Å². The maximum Gasteiger partial charge on any atom is 0.237 e. The van der Waals surface area contributed by atoms with E-state index in [0.717, 1.165) is 41.1 Å². The molecule has 3 aromatic rings. The molecule has 6 heteroatoms.